The Balaban J connectivity index is 2.89. The molecule has 0 amide bonds. The molecule has 1 unspecified atom stereocenters. The lowest BCUT2D eigenvalue weighted by atomic mass is 10.0. The zero-order valence-electron chi connectivity index (χ0n) is 11.4. The van der Waals surface area contributed by atoms with Crippen molar-refractivity contribution in [1.29, 1.82) is 0 Å². The van der Waals surface area contributed by atoms with Crippen LogP contribution in [0.15, 0.2) is 23.3 Å². The lowest BCUT2D eigenvalue weighted by Gasteiger charge is -2.17. The zero-order chi connectivity index (χ0) is 14.3. The number of hydrogen-bond acceptors (Lipinski definition) is 4. The molecule has 0 radical (unpaired) electrons. The molecule has 0 bridgehead atoms. The molecule has 1 aromatic rings. The highest BCUT2D eigenvalue weighted by atomic mass is 16.5. The summed E-state index contributed by atoms with van der Waals surface area (Å²) < 4.78 is 4.80. The van der Waals surface area contributed by atoms with Gasteiger partial charge >= 0.3 is 5.97 Å². The first-order chi connectivity index (χ1) is 9.08. The minimum atomic E-state index is -0.544. The first kappa shape index (κ1) is 15.0. The average molecular weight is 262 g/mol. The van der Waals surface area contributed by atoms with Crippen molar-refractivity contribution < 1.29 is 9.53 Å². The molecule has 0 aliphatic carbocycles. The second kappa shape index (κ2) is 7.41. The first-order valence-electron chi connectivity index (χ1n) is 5.98. The van der Waals surface area contributed by atoms with Gasteiger partial charge in [0, 0.05) is 18.0 Å². The maximum Gasteiger partial charge on any atom is 0.327 e. The molecule has 1 N–H and O–H groups in total. The molecular weight excluding hydrogens is 244 g/mol. The number of benzene rings is 1. The van der Waals surface area contributed by atoms with E-state index in [2.05, 4.69) is 15.3 Å². The van der Waals surface area contributed by atoms with Gasteiger partial charge in [-0.25, -0.2) is 4.79 Å². The SMILES string of the molecule is COC(=O)C(NCCN=[N+]=[N-])c1cc(C)cc(C)c1. The summed E-state index contributed by atoms with van der Waals surface area (Å²) in [5, 5.41) is 6.46. The van der Waals surface area contributed by atoms with Crippen molar-refractivity contribution in [3.8, 4) is 0 Å². The molecule has 0 spiro atoms. The van der Waals surface area contributed by atoms with Gasteiger partial charge in [-0.15, -0.1) is 0 Å². The van der Waals surface area contributed by atoms with Crippen LogP contribution in [-0.2, 0) is 9.53 Å². The normalized spacial score (nSPS) is 11.5. The molecule has 0 aliphatic heterocycles. The summed E-state index contributed by atoms with van der Waals surface area (Å²) >= 11 is 0. The van der Waals surface area contributed by atoms with E-state index in [1.54, 1.807) is 0 Å². The number of ether oxygens (including phenoxy) is 1. The summed E-state index contributed by atoms with van der Waals surface area (Å²) in [6.07, 6.45) is 0. The Kier molecular flexibility index (Phi) is 5.85. The largest absolute Gasteiger partial charge is 0.468 e. The molecule has 1 rings (SSSR count). The fourth-order valence-electron chi connectivity index (χ4n) is 1.94. The van der Waals surface area contributed by atoms with Crippen molar-refractivity contribution in [2.24, 2.45) is 5.11 Å². The maximum absolute atomic E-state index is 11.8. The van der Waals surface area contributed by atoms with Crippen molar-refractivity contribution in [1.82, 2.24) is 5.32 Å². The summed E-state index contributed by atoms with van der Waals surface area (Å²) in [7, 11) is 1.35. The molecule has 102 valence electrons. The molecule has 1 aromatic carbocycles. The van der Waals surface area contributed by atoms with Crippen LogP contribution in [-0.4, -0.2) is 26.2 Å². The molecule has 6 heteroatoms. The summed E-state index contributed by atoms with van der Waals surface area (Å²) in [5.41, 5.74) is 11.2. The molecule has 0 saturated carbocycles. The predicted octanol–water partition coefficient (Wildman–Crippen LogP) is 2.42. The van der Waals surface area contributed by atoms with Crippen LogP contribution in [0, 0.1) is 13.8 Å². The van der Waals surface area contributed by atoms with E-state index >= 15 is 0 Å². The van der Waals surface area contributed by atoms with Crippen molar-refractivity contribution in [2.45, 2.75) is 19.9 Å². The predicted molar refractivity (Wildman–Crippen MR) is 72.7 cm³/mol. The maximum atomic E-state index is 11.8. The van der Waals surface area contributed by atoms with Crippen molar-refractivity contribution in [2.75, 3.05) is 20.2 Å². The van der Waals surface area contributed by atoms with Crippen molar-refractivity contribution >= 4 is 5.97 Å². The Hall–Kier alpha value is -2.04. The standard InChI is InChI=1S/C13H18N4O2/c1-9-6-10(2)8-11(7-9)12(13(18)19-3)15-4-5-16-17-14/h6-8,12,15H,4-5H2,1-3H3. The molecule has 0 aromatic heterocycles. The van der Waals surface area contributed by atoms with Gasteiger partial charge in [0.05, 0.1) is 7.11 Å². The summed E-state index contributed by atoms with van der Waals surface area (Å²) in [6.45, 7) is 4.65. The second-order valence-electron chi connectivity index (χ2n) is 4.29. The number of nitrogens with zero attached hydrogens (tertiary/aromatic N) is 3. The lowest BCUT2D eigenvalue weighted by molar-refractivity contribution is -0.143. The monoisotopic (exact) mass is 262 g/mol. The van der Waals surface area contributed by atoms with Crippen LogP contribution in [0.3, 0.4) is 0 Å². The van der Waals surface area contributed by atoms with E-state index < -0.39 is 6.04 Å². The highest BCUT2D eigenvalue weighted by Crippen LogP contribution is 2.18. The number of hydrogen-bond donors (Lipinski definition) is 1. The van der Waals surface area contributed by atoms with Gasteiger partial charge in [-0.1, -0.05) is 34.4 Å². The Morgan fingerprint density at radius 3 is 2.58 bits per heavy atom. The van der Waals surface area contributed by atoms with Crippen molar-refractivity contribution in [3.05, 3.63) is 45.3 Å². The van der Waals surface area contributed by atoms with E-state index in [0.717, 1.165) is 16.7 Å². The van der Waals surface area contributed by atoms with Gasteiger partial charge < -0.3 is 10.1 Å². The summed E-state index contributed by atoms with van der Waals surface area (Å²) in [4.78, 5) is 14.5. The number of carbonyl (C=O) groups is 1. The second-order valence-corrected chi connectivity index (χ2v) is 4.29. The van der Waals surface area contributed by atoms with Crippen LogP contribution in [0.4, 0.5) is 0 Å². The third-order valence-electron chi connectivity index (χ3n) is 2.64. The van der Waals surface area contributed by atoms with Gasteiger partial charge in [0.15, 0.2) is 0 Å². The number of carbonyl (C=O) groups excluding carboxylic acids is 1. The number of methoxy groups -OCH3 is 1. The number of esters is 1. The van der Waals surface area contributed by atoms with Crippen LogP contribution in [0.5, 0.6) is 0 Å². The zero-order valence-corrected chi connectivity index (χ0v) is 11.4. The fraction of sp³-hybridized carbons (Fsp3) is 0.462. The van der Waals surface area contributed by atoms with Gasteiger partial charge in [-0.3, -0.25) is 0 Å². The Morgan fingerprint density at radius 1 is 1.42 bits per heavy atom. The third kappa shape index (κ3) is 4.62. The highest BCUT2D eigenvalue weighted by molar-refractivity contribution is 5.77. The number of rotatable bonds is 6. The molecule has 0 saturated heterocycles. The van der Waals surface area contributed by atoms with E-state index in [4.69, 9.17) is 10.3 Å². The van der Waals surface area contributed by atoms with E-state index in [-0.39, 0.29) is 12.5 Å². The molecule has 0 heterocycles. The van der Waals surface area contributed by atoms with Gasteiger partial charge in [0.2, 0.25) is 0 Å². The average Bonchev–Trinajstić information content (AvgIpc) is 2.37. The van der Waals surface area contributed by atoms with Crippen LogP contribution in [0.2, 0.25) is 0 Å². The first-order valence-corrected chi connectivity index (χ1v) is 5.98. The van der Waals surface area contributed by atoms with Crippen molar-refractivity contribution in [3.63, 3.8) is 0 Å². The van der Waals surface area contributed by atoms with Crippen LogP contribution in [0.1, 0.15) is 22.7 Å². The topological polar surface area (TPSA) is 87.1 Å². The summed E-state index contributed by atoms with van der Waals surface area (Å²) in [6, 6.07) is 5.37. The fourth-order valence-corrected chi connectivity index (χ4v) is 1.94. The minimum absolute atomic E-state index is 0.287. The highest BCUT2D eigenvalue weighted by Gasteiger charge is 2.20. The molecule has 6 nitrogen and oxygen atoms in total. The number of aryl methyl sites for hydroxylation is 2. The summed E-state index contributed by atoms with van der Waals surface area (Å²) in [5.74, 6) is -0.356. The van der Waals surface area contributed by atoms with E-state index in [1.807, 2.05) is 32.0 Å². The van der Waals surface area contributed by atoms with Crippen LogP contribution in [0.25, 0.3) is 10.4 Å². The lowest BCUT2D eigenvalue weighted by Crippen LogP contribution is -2.31. The van der Waals surface area contributed by atoms with Gasteiger partial charge in [-0.05, 0) is 24.9 Å². The van der Waals surface area contributed by atoms with E-state index in [0.29, 0.717) is 6.54 Å². The smallest absolute Gasteiger partial charge is 0.327 e. The third-order valence-corrected chi connectivity index (χ3v) is 2.64. The quantitative estimate of drug-likeness (QED) is 0.281. The van der Waals surface area contributed by atoms with Gasteiger partial charge in [0.25, 0.3) is 0 Å². The molecule has 19 heavy (non-hydrogen) atoms. The van der Waals surface area contributed by atoms with E-state index in [1.165, 1.54) is 7.11 Å². The van der Waals surface area contributed by atoms with E-state index in [9.17, 15) is 4.79 Å². The number of nitrogens with one attached hydrogen (secondary N) is 1. The minimum Gasteiger partial charge on any atom is -0.468 e. The Bertz CT molecular complexity index is 475. The van der Waals surface area contributed by atoms with Crippen LogP contribution < -0.4 is 5.32 Å². The Labute approximate surface area is 112 Å². The molecule has 0 aliphatic rings. The molecular formula is C13H18N4O2. The molecule has 1 atom stereocenters. The van der Waals surface area contributed by atoms with Crippen LogP contribution >= 0.6 is 0 Å². The molecule has 0 fully saturated rings. The number of azide groups is 1. The van der Waals surface area contributed by atoms with Gasteiger partial charge in [0.1, 0.15) is 6.04 Å². The Morgan fingerprint density at radius 2 is 2.05 bits per heavy atom. The van der Waals surface area contributed by atoms with Gasteiger partial charge in [-0.2, -0.15) is 0 Å².